The number of aryl methyl sites for hydroxylation is 1. The van der Waals surface area contributed by atoms with Crippen molar-refractivity contribution in [2.24, 2.45) is 5.10 Å². The van der Waals surface area contributed by atoms with E-state index in [-0.39, 0.29) is 12.1 Å². The molecule has 2 aromatic rings. The van der Waals surface area contributed by atoms with Crippen LogP contribution in [0, 0.1) is 6.92 Å². The number of benzene rings is 2. The summed E-state index contributed by atoms with van der Waals surface area (Å²) in [7, 11) is 1.62. The Morgan fingerprint density at radius 1 is 1.25 bits per heavy atom. The Morgan fingerprint density at radius 2 is 1.96 bits per heavy atom. The summed E-state index contributed by atoms with van der Waals surface area (Å²) >= 11 is 6.02. The van der Waals surface area contributed by atoms with Gasteiger partial charge in [0.05, 0.1) is 11.8 Å². The molecule has 0 bridgehead atoms. The minimum atomic E-state index is -0.210. The lowest BCUT2D eigenvalue weighted by atomic mass is 9.93. The molecule has 0 saturated carbocycles. The number of rotatable bonds is 1. The van der Waals surface area contributed by atoms with Crippen LogP contribution in [-0.2, 0) is 6.42 Å². The fourth-order valence-corrected chi connectivity index (χ4v) is 3.06. The van der Waals surface area contributed by atoms with E-state index in [0.29, 0.717) is 5.02 Å². The highest BCUT2D eigenvalue weighted by atomic mass is 35.5. The van der Waals surface area contributed by atoms with Gasteiger partial charge in [-0.25, -0.2) is 9.80 Å². The molecule has 0 aromatic heterocycles. The van der Waals surface area contributed by atoms with Crippen LogP contribution in [-0.4, -0.2) is 29.8 Å². The number of amides is 2. The van der Waals surface area contributed by atoms with Crippen LogP contribution in [0.5, 0.6) is 0 Å². The molecule has 3 rings (SSSR count). The van der Waals surface area contributed by atoms with Gasteiger partial charge in [-0.3, -0.25) is 0 Å². The number of fused-ring (bicyclic) bond motifs is 1. The predicted octanol–water partition coefficient (Wildman–Crippen LogP) is 3.99. The van der Waals surface area contributed by atoms with Gasteiger partial charge in [0.15, 0.2) is 0 Å². The van der Waals surface area contributed by atoms with Crippen LogP contribution in [0.3, 0.4) is 0 Å². The third-order valence-corrected chi connectivity index (χ3v) is 4.45. The van der Waals surface area contributed by atoms with Crippen molar-refractivity contribution in [3.8, 4) is 0 Å². The normalized spacial score (nSPS) is 16.9. The van der Waals surface area contributed by atoms with Crippen molar-refractivity contribution in [2.75, 3.05) is 7.05 Å². The van der Waals surface area contributed by atoms with Gasteiger partial charge in [0.2, 0.25) is 0 Å². The number of nitrogens with zero attached hydrogens (tertiary/aromatic N) is 2. The van der Waals surface area contributed by atoms with Crippen molar-refractivity contribution in [1.82, 2.24) is 10.3 Å². The van der Waals surface area contributed by atoms with Crippen LogP contribution in [0.1, 0.15) is 29.2 Å². The summed E-state index contributed by atoms with van der Waals surface area (Å²) in [5.41, 5.74) is 5.15. The number of halogens is 1. The number of nitrogens with one attached hydrogen (secondary N) is 1. The van der Waals surface area contributed by atoms with E-state index in [1.807, 2.05) is 31.2 Å². The number of carbonyl (C=O) groups excluding carboxylic acids is 1. The molecule has 5 heteroatoms. The molecule has 1 atom stereocenters. The van der Waals surface area contributed by atoms with Crippen molar-refractivity contribution in [3.05, 3.63) is 69.7 Å². The van der Waals surface area contributed by atoms with E-state index in [1.165, 1.54) is 10.6 Å². The van der Waals surface area contributed by atoms with Crippen molar-refractivity contribution >= 4 is 23.3 Å². The Kier molecular flexibility index (Phi) is 4.58. The molecule has 0 radical (unpaired) electrons. The molecule has 0 spiro atoms. The fraction of sp³-hybridized carbons (Fsp3) is 0.263. The number of hydrazone groups is 1. The topological polar surface area (TPSA) is 44.7 Å². The first-order valence-electron chi connectivity index (χ1n) is 7.95. The van der Waals surface area contributed by atoms with Gasteiger partial charge in [0, 0.05) is 23.2 Å². The molecule has 0 saturated heterocycles. The molecule has 1 unspecified atom stereocenters. The Morgan fingerprint density at radius 3 is 2.62 bits per heavy atom. The Bertz CT molecular complexity index is 799. The third kappa shape index (κ3) is 3.15. The summed E-state index contributed by atoms with van der Waals surface area (Å²) in [4.78, 5) is 12.3. The molecule has 124 valence electrons. The predicted molar refractivity (Wildman–Crippen MR) is 97.7 cm³/mol. The maximum absolute atomic E-state index is 12.3. The second kappa shape index (κ2) is 6.65. The highest BCUT2D eigenvalue weighted by Crippen LogP contribution is 2.25. The molecule has 0 aliphatic carbocycles. The zero-order valence-corrected chi connectivity index (χ0v) is 14.8. The van der Waals surface area contributed by atoms with Crippen LogP contribution < -0.4 is 5.32 Å². The minimum Gasteiger partial charge on any atom is -0.340 e. The van der Waals surface area contributed by atoms with E-state index in [1.54, 1.807) is 7.05 Å². The minimum absolute atomic E-state index is 0.0313. The second-order valence-corrected chi connectivity index (χ2v) is 6.51. The number of hydrogen-bond acceptors (Lipinski definition) is 2. The highest BCUT2D eigenvalue weighted by molar-refractivity contribution is 6.30. The van der Waals surface area contributed by atoms with E-state index >= 15 is 0 Å². The van der Waals surface area contributed by atoms with Crippen LogP contribution in [0.25, 0.3) is 0 Å². The summed E-state index contributed by atoms with van der Waals surface area (Å²) in [6.45, 7) is 4.07. The Labute approximate surface area is 147 Å². The molecule has 1 aliphatic rings. The lowest BCUT2D eigenvalue weighted by Crippen LogP contribution is -2.41. The fourth-order valence-electron chi connectivity index (χ4n) is 2.93. The van der Waals surface area contributed by atoms with E-state index in [4.69, 9.17) is 16.7 Å². The standard InChI is InChI=1S/C19H20ClN3O/c1-12-4-5-15-11-13(2)23(19(24)21-3)22-18(17(15)10-12)14-6-8-16(20)9-7-14/h4-10,13H,11H2,1-3H3,(H,21,24). The lowest BCUT2D eigenvalue weighted by molar-refractivity contribution is 0.184. The molecule has 2 amide bonds. The monoisotopic (exact) mass is 341 g/mol. The van der Waals surface area contributed by atoms with Crippen LogP contribution in [0.15, 0.2) is 47.6 Å². The quantitative estimate of drug-likeness (QED) is 0.837. The Hall–Kier alpha value is -2.33. The Balaban J connectivity index is 2.20. The van der Waals surface area contributed by atoms with Crippen LogP contribution in [0.4, 0.5) is 4.79 Å². The van der Waals surface area contributed by atoms with Gasteiger partial charge < -0.3 is 5.32 Å². The SMILES string of the molecule is CNC(=O)N1N=C(c2ccc(Cl)cc2)c2cc(C)ccc2CC1C. The first-order chi connectivity index (χ1) is 11.5. The van der Waals surface area contributed by atoms with Gasteiger partial charge in [0.25, 0.3) is 0 Å². The summed E-state index contributed by atoms with van der Waals surface area (Å²) in [6.07, 6.45) is 0.754. The van der Waals surface area contributed by atoms with Gasteiger partial charge in [0.1, 0.15) is 0 Å². The number of urea groups is 1. The molecule has 4 nitrogen and oxygen atoms in total. The maximum Gasteiger partial charge on any atom is 0.337 e. The van der Waals surface area contributed by atoms with Gasteiger partial charge in [-0.15, -0.1) is 0 Å². The summed E-state index contributed by atoms with van der Waals surface area (Å²) in [5, 5.41) is 9.58. The molecule has 2 aromatic carbocycles. The average molecular weight is 342 g/mol. The maximum atomic E-state index is 12.3. The highest BCUT2D eigenvalue weighted by Gasteiger charge is 2.26. The van der Waals surface area contributed by atoms with Crippen LogP contribution in [0.2, 0.25) is 5.02 Å². The summed E-state index contributed by atoms with van der Waals surface area (Å²) in [5.74, 6) is 0. The largest absolute Gasteiger partial charge is 0.340 e. The number of carbonyl (C=O) groups is 1. The van der Waals surface area contributed by atoms with Crippen molar-refractivity contribution in [2.45, 2.75) is 26.3 Å². The van der Waals surface area contributed by atoms with Gasteiger partial charge in [-0.1, -0.05) is 41.4 Å². The van der Waals surface area contributed by atoms with Gasteiger partial charge >= 0.3 is 6.03 Å². The molecule has 24 heavy (non-hydrogen) atoms. The first kappa shape index (κ1) is 16.5. The molecular weight excluding hydrogens is 322 g/mol. The van der Waals surface area contributed by atoms with Crippen LogP contribution >= 0.6 is 11.6 Å². The average Bonchev–Trinajstić information content (AvgIpc) is 2.71. The van der Waals surface area contributed by atoms with Gasteiger partial charge in [-0.05, 0) is 44.0 Å². The molecular formula is C19H20ClN3O. The first-order valence-corrected chi connectivity index (χ1v) is 8.33. The molecule has 1 aliphatic heterocycles. The van der Waals surface area contributed by atoms with Gasteiger partial charge in [-0.2, -0.15) is 5.10 Å². The van der Waals surface area contributed by atoms with E-state index in [0.717, 1.165) is 28.8 Å². The zero-order valence-electron chi connectivity index (χ0n) is 14.0. The molecule has 0 fully saturated rings. The molecule has 1 heterocycles. The third-order valence-electron chi connectivity index (χ3n) is 4.20. The summed E-state index contributed by atoms with van der Waals surface area (Å²) in [6, 6.07) is 13.7. The zero-order chi connectivity index (χ0) is 17.3. The lowest BCUT2D eigenvalue weighted by Gasteiger charge is -2.22. The van der Waals surface area contributed by atoms with E-state index in [9.17, 15) is 4.79 Å². The van der Waals surface area contributed by atoms with Crippen molar-refractivity contribution in [1.29, 1.82) is 0 Å². The van der Waals surface area contributed by atoms with Crippen molar-refractivity contribution in [3.63, 3.8) is 0 Å². The second-order valence-electron chi connectivity index (χ2n) is 6.07. The van der Waals surface area contributed by atoms with Crippen molar-refractivity contribution < 1.29 is 4.79 Å². The van der Waals surface area contributed by atoms with E-state index < -0.39 is 0 Å². The molecule has 1 N–H and O–H groups in total. The summed E-state index contributed by atoms with van der Waals surface area (Å²) < 4.78 is 0. The number of hydrogen-bond donors (Lipinski definition) is 1. The van der Waals surface area contributed by atoms with E-state index in [2.05, 4.69) is 30.4 Å². The smallest absolute Gasteiger partial charge is 0.337 e.